The number of esters is 1. The van der Waals surface area contributed by atoms with E-state index in [0.717, 1.165) is 0 Å². The Morgan fingerprint density at radius 1 is 1.19 bits per heavy atom. The molecule has 2 amide bonds. The highest BCUT2D eigenvalue weighted by Crippen LogP contribution is 2.29. The fourth-order valence-corrected chi connectivity index (χ4v) is 3.11. The van der Waals surface area contributed by atoms with Gasteiger partial charge in [-0.3, -0.25) is 9.59 Å². The number of benzene rings is 2. The Morgan fingerprint density at radius 2 is 1.96 bits per heavy atom. The lowest BCUT2D eigenvalue weighted by Crippen LogP contribution is -2.29. The zero-order valence-corrected chi connectivity index (χ0v) is 14.8. The first-order chi connectivity index (χ1) is 12.5. The van der Waals surface area contributed by atoms with E-state index in [1.165, 1.54) is 12.0 Å². The van der Waals surface area contributed by atoms with Crippen molar-refractivity contribution in [1.82, 2.24) is 0 Å². The third kappa shape index (κ3) is 3.70. The maximum absolute atomic E-state index is 12.5. The van der Waals surface area contributed by atoms with E-state index in [0.29, 0.717) is 22.0 Å². The lowest BCUT2D eigenvalue weighted by molar-refractivity contribution is -0.122. The molecule has 1 fully saturated rings. The zero-order chi connectivity index (χ0) is 18.7. The molecule has 26 heavy (non-hydrogen) atoms. The summed E-state index contributed by atoms with van der Waals surface area (Å²) < 4.78 is 4.77. The van der Waals surface area contributed by atoms with E-state index in [4.69, 9.17) is 16.3 Å². The summed E-state index contributed by atoms with van der Waals surface area (Å²) in [6.45, 7) is 0.194. The lowest BCUT2D eigenvalue weighted by atomic mass is 10.1. The summed E-state index contributed by atoms with van der Waals surface area (Å²) in [5, 5.41) is 3.28. The average Bonchev–Trinajstić information content (AvgIpc) is 3.03. The molecule has 1 unspecified atom stereocenters. The van der Waals surface area contributed by atoms with Gasteiger partial charge >= 0.3 is 5.97 Å². The molecule has 1 saturated heterocycles. The van der Waals surface area contributed by atoms with Crippen molar-refractivity contribution in [2.24, 2.45) is 5.92 Å². The number of hydrogen-bond donors (Lipinski definition) is 1. The van der Waals surface area contributed by atoms with Crippen LogP contribution in [0.5, 0.6) is 0 Å². The molecule has 1 aliphatic heterocycles. The Kier molecular flexibility index (Phi) is 5.23. The fourth-order valence-electron chi connectivity index (χ4n) is 2.92. The molecule has 2 aromatic rings. The van der Waals surface area contributed by atoms with Crippen molar-refractivity contribution in [2.75, 3.05) is 23.9 Å². The predicted octanol–water partition coefficient (Wildman–Crippen LogP) is 3.12. The molecule has 0 spiro atoms. The Labute approximate surface area is 155 Å². The molecule has 1 aliphatic rings. The Balaban J connectivity index is 1.77. The molecule has 3 rings (SSSR count). The molecule has 0 bridgehead atoms. The molecule has 0 aliphatic carbocycles. The van der Waals surface area contributed by atoms with Gasteiger partial charge in [0.15, 0.2) is 0 Å². The van der Waals surface area contributed by atoms with E-state index >= 15 is 0 Å². The number of nitrogens with zero attached hydrogens (tertiary/aromatic N) is 1. The zero-order valence-electron chi connectivity index (χ0n) is 14.1. The molecule has 1 atom stereocenters. The summed E-state index contributed by atoms with van der Waals surface area (Å²) in [5.74, 6) is -1.53. The van der Waals surface area contributed by atoms with Crippen LogP contribution < -0.4 is 10.2 Å². The summed E-state index contributed by atoms with van der Waals surface area (Å²) in [4.78, 5) is 38.3. The largest absolute Gasteiger partial charge is 0.465 e. The minimum absolute atomic E-state index is 0.0713. The van der Waals surface area contributed by atoms with Crippen LogP contribution in [0.2, 0.25) is 5.02 Å². The SMILES string of the molecule is COC(=O)c1ccccc1N1CC(C(=O)Nc2cccc(Cl)c2)CC1=O. The molecule has 0 aromatic heterocycles. The average molecular weight is 373 g/mol. The van der Waals surface area contributed by atoms with Crippen LogP contribution in [0.1, 0.15) is 16.8 Å². The van der Waals surface area contributed by atoms with Gasteiger partial charge in [-0.2, -0.15) is 0 Å². The van der Waals surface area contributed by atoms with Crippen molar-refractivity contribution in [1.29, 1.82) is 0 Å². The van der Waals surface area contributed by atoms with E-state index in [9.17, 15) is 14.4 Å². The van der Waals surface area contributed by atoms with Crippen LogP contribution in [0.15, 0.2) is 48.5 Å². The van der Waals surface area contributed by atoms with Crippen LogP contribution in [0, 0.1) is 5.92 Å². The van der Waals surface area contributed by atoms with Crippen LogP contribution in [0.4, 0.5) is 11.4 Å². The molecule has 2 aromatic carbocycles. The van der Waals surface area contributed by atoms with E-state index in [1.54, 1.807) is 48.5 Å². The van der Waals surface area contributed by atoms with Gasteiger partial charge in [-0.1, -0.05) is 29.8 Å². The first-order valence-corrected chi connectivity index (χ1v) is 8.41. The van der Waals surface area contributed by atoms with Gasteiger partial charge in [-0.15, -0.1) is 0 Å². The van der Waals surface area contributed by atoms with Crippen LogP contribution >= 0.6 is 11.6 Å². The molecular formula is C19H17ClN2O4. The second kappa shape index (κ2) is 7.58. The second-order valence-electron chi connectivity index (χ2n) is 5.91. The lowest BCUT2D eigenvalue weighted by Gasteiger charge is -2.19. The predicted molar refractivity (Wildman–Crippen MR) is 98.3 cm³/mol. The van der Waals surface area contributed by atoms with Crippen molar-refractivity contribution >= 4 is 40.8 Å². The number of rotatable bonds is 4. The molecule has 0 radical (unpaired) electrons. The number of carbonyl (C=O) groups excluding carboxylic acids is 3. The highest BCUT2D eigenvalue weighted by molar-refractivity contribution is 6.30. The van der Waals surface area contributed by atoms with Gasteiger partial charge in [0, 0.05) is 23.7 Å². The minimum atomic E-state index is -0.528. The highest BCUT2D eigenvalue weighted by atomic mass is 35.5. The van der Waals surface area contributed by atoms with E-state index in [2.05, 4.69) is 5.32 Å². The smallest absolute Gasteiger partial charge is 0.339 e. The van der Waals surface area contributed by atoms with Crippen LogP contribution in [-0.2, 0) is 14.3 Å². The number of amides is 2. The van der Waals surface area contributed by atoms with Gasteiger partial charge in [0.05, 0.1) is 24.3 Å². The number of para-hydroxylation sites is 1. The molecule has 1 N–H and O–H groups in total. The van der Waals surface area contributed by atoms with Crippen LogP contribution in [0.25, 0.3) is 0 Å². The quantitative estimate of drug-likeness (QED) is 0.837. The number of methoxy groups -OCH3 is 1. The van der Waals surface area contributed by atoms with Crippen molar-refractivity contribution < 1.29 is 19.1 Å². The highest BCUT2D eigenvalue weighted by Gasteiger charge is 2.36. The maximum atomic E-state index is 12.5. The molecular weight excluding hydrogens is 356 g/mol. The van der Waals surface area contributed by atoms with Crippen LogP contribution in [0.3, 0.4) is 0 Å². The summed E-state index contributed by atoms with van der Waals surface area (Å²) in [7, 11) is 1.28. The van der Waals surface area contributed by atoms with Crippen molar-refractivity contribution in [2.45, 2.75) is 6.42 Å². The fraction of sp³-hybridized carbons (Fsp3) is 0.211. The third-order valence-corrected chi connectivity index (χ3v) is 4.42. The topological polar surface area (TPSA) is 75.7 Å². The summed E-state index contributed by atoms with van der Waals surface area (Å²) in [5.41, 5.74) is 1.31. The van der Waals surface area contributed by atoms with Crippen molar-refractivity contribution in [3.8, 4) is 0 Å². The minimum Gasteiger partial charge on any atom is -0.465 e. The number of halogens is 1. The molecule has 7 heteroatoms. The normalized spacial score (nSPS) is 16.5. The number of hydrogen-bond acceptors (Lipinski definition) is 4. The van der Waals surface area contributed by atoms with Crippen molar-refractivity contribution in [3.05, 3.63) is 59.1 Å². The second-order valence-corrected chi connectivity index (χ2v) is 6.35. The number of nitrogens with one attached hydrogen (secondary N) is 1. The Bertz CT molecular complexity index is 868. The van der Waals surface area contributed by atoms with Gasteiger partial charge < -0.3 is 15.0 Å². The van der Waals surface area contributed by atoms with Gasteiger partial charge in [-0.05, 0) is 30.3 Å². The van der Waals surface area contributed by atoms with E-state index in [-0.39, 0.29) is 24.8 Å². The van der Waals surface area contributed by atoms with Gasteiger partial charge in [0.2, 0.25) is 11.8 Å². The van der Waals surface area contributed by atoms with Gasteiger partial charge in [0.25, 0.3) is 0 Å². The number of ether oxygens (including phenoxy) is 1. The van der Waals surface area contributed by atoms with Crippen LogP contribution in [-0.4, -0.2) is 31.4 Å². The monoisotopic (exact) mass is 372 g/mol. The van der Waals surface area contributed by atoms with Gasteiger partial charge in [0.1, 0.15) is 0 Å². The third-order valence-electron chi connectivity index (χ3n) is 4.19. The molecule has 1 heterocycles. The van der Waals surface area contributed by atoms with Crippen molar-refractivity contribution in [3.63, 3.8) is 0 Å². The Morgan fingerprint density at radius 3 is 2.69 bits per heavy atom. The summed E-state index contributed by atoms with van der Waals surface area (Å²) >= 11 is 5.92. The standard InChI is InChI=1S/C19H17ClN2O4/c1-26-19(25)15-7-2-3-8-16(15)22-11-12(9-17(22)23)18(24)21-14-6-4-5-13(20)10-14/h2-8,10,12H,9,11H2,1H3,(H,21,24). The van der Waals surface area contributed by atoms with E-state index in [1.807, 2.05) is 0 Å². The van der Waals surface area contributed by atoms with E-state index < -0.39 is 11.9 Å². The number of anilines is 2. The summed E-state index contributed by atoms with van der Waals surface area (Å²) in [6, 6.07) is 13.5. The molecule has 134 valence electrons. The first-order valence-electron chi connectivity index (χ1n) is 8.03. The first kappa shape index (κ1) is 17.9. The Hall–Kier alpha value is -2.86. The summed E-state index contributed by atoms with van der Waals surface area (Å²) in [6.07, 6.45) is 0.0713. The molecule has 6 nitrogen and oxygen atoms in total. The maximum Gasteiger partial charge on any atom is 0.339 e. The van der Waals surface area contributed by atoms with Gasteiger partial charge in [-0.25, -0.2) is 4.79 Å². The number of carbonyl (C=O) groups is 3. The molecule has 0 saturated carbocycles.